The van der Waals surface area contributed by atoms with Gasteiger partial charge in [0.25, 0.3) is 10.1 Å². The summed E-state index contributed by atoms with van der Waals surface area (Å²) in [4.78, 5) is 1.34. The maximum absolute atomic E-state index is 10.5. The lowest BCUT2D eigenvalue weighted by Gasteiger charge is -2.29. The van der Waals surface area contributed by atoms with Crippen molar-refractivity contribution in [1.29, 1.82) is 0 Å². The van der Waals surface area contributed by atoms with Crippen LogP contribution < -0.4 is 0 Å². The van der Waals surface area contributed by atoms with Crippen LogP contribution in [0.3, 0.4) is 0 Å². The standard InChI is InChI=1S/C8H19NO6S/c1-2-3-9(4-5-10)8(12)7(11)6-16(13,14)15/h7-8,10-12H,2-6H2,1H3,(H,13,14,15). The van der Waals surface area contributed by atoms with Crippen LogP contribution in [0.25, 0.3) is 0 Å². The summed E-state index contributed by atoms with van der Waals surface area (Å²) in [6.45, 7) is 2.16. The molecule has 0 aromatic heterocycles. The molecule has 0 spiro atoms. The predicted octanol–water partition coefficient (Wildman–Crippen LogP) is -1.74. The Balaban J connectivity index is 4.41. The predicted molar refractivity (Wildman–Crippen MR) is 57.4 cm³/mol. The Morgan fingerprint density at radius 2 is 1.81 bits per heavy atom. The maximum Gasteiger partial charge on any atom is 0.267 e. The van der Waals surface area contributed by atoms with Crippen LogP contribution in [0, 0.1) is 0 Å². The first-order chi connectivity index (χ1) is 7.31. The first-order valence-corrected chi connectivity index (χ1v) is 6.59. The fraction of sp³-hybridized carbons (Fsp3) is 1.00. The van der Waals surface area contributed by atoms with Crippen molar-refractivity contribution in [1.82, 2.24) is 4.90 Å². The molecule has 0 aliphatic rings. The van der Waals surface area contributed by atoms with Crippen molar-refractivity contribution in [3.8, 4) is 0 Å². The summed E-state index contributed by atoms with van der Waals surface area (Å²) in [5, 5.41) is 27.7. The van der Waals surface area contributed by atoms with Crippen molar-refractivity contribution >= 4 is 10.1 Å². The third-order valence-electron chi connectivity index (χ3n) is 2.00. The lowest BCUT2D eigenvalue weighted by Crippen LogP contribution is -2.47. The second-order valence-corrected chi connectivity index (χ2v) is 4.99. The van der Waals surface area contributed by atoms with E-state index < -0.39 is 28.2 Å². The van der Waals surface area contributed by atoms with Gasteiger partial charge in [-0.2, -0.15) is 8.42 Å². The van der Waals surface area contributed by atoms with Gasteiger partial charge in [0, 0.05) is 13.1 Å². The van der Waals surface area contributed by atoms with Crippen molar-refractivity contribution in [3.63, 3.8) is 0 Å². The van der Waals surface area contributed by atoms with E-state index in [0.29, 0.717) is 13.0 Å². The van der Waals surface area contributed by atoms with Crippen LogP contribution in [-0.4, -0.2) is 71.0 Å². The molecule has 0 bridgehead atoms. The fourth-order valence-electron chi connectivity index (χ4n) is 1.34. The summed E-state index contributed by atoms with van der Waals surface area (Å²) in [6, 6.07) is 0. The number of aliphatic hydroxyl groups excluding tert-OH is 3. The average molecular weight is 257 g/mol. The van der Waals surface area contributed by atoms with Gasteiger partial charge in [-0.1, -0.05) is 6.92 Å². The van der Waals surface area contributed by atoms with E-state index in [1.54, 1.807) is 0 Å². The Hall–Kier alpha value is -0.250. The summed E-state index contributed by atoms with van der Waals surface area (Å²) in [5.41, 5.74) is 0. The highest BCUT2D eigenvalue weighted by atomic mass is 32.2. The summed E-state index contributed by atoms with van der Waals surface area (Å²) in [7, 11) is -4.33. The summed E-state index contributed by atoms with van der Waals surface area (Å²) >= 11 is 0. The SMILES string of the molecule is CCCN(CCO)C(O)C(O)CS(=O)(=O)O. The van der Waals surface area contributed by atoms with Crippen molar-refractivity contribution < 1.29 is 28.3 Å². The van der Waals surface area contributed by atoms with E-state index in [4.69, 9.17) is 9.66 Å². The molecule has 2 unspecified atom stereocenters. The molecule has 0 saturated heterocycles. The number of nitrogens with zero attached hydrogens (tertiary/aromatic N) is 1. The molecule has 0 aromatic rings. The van der Waals surface area contributed by atoms with Gasteiger partial charge in [0.2, 0.25) is 0 Å². The second-order valence-electron chi connectivity index (χ2n) is 3.49. The highest BCUT2D eigenvalue weighted by Crippen LogP contribution is 2.05. The van der Waals surface area contributed by atoms with Gasteiger partial charge < -0.3 is 15.3 Å². The number of hydrogen-bond acceptors (Lipinski definition) is 6. The van der Waals surface area contributed by atoms with Crippen molar-refractivity contribution in [2.24, 2.45) is 0 Å². The second kappa shape index (κ2) is 7.15. The number of aliphatic hydroxyl groups is 3. The molecule has 0 heterocycles. The van der Waals surface area contributed by atoms with Crippen LogP contribution in [0.15, 0.2) is 0 Å². The van der Waals surface area contributed by atoms with E-state index in [1.807, 2.05) is 6.92 Å². The third-order valence-corrected chi connectivity index (χ3v) is 2.76. The minimum atomic E-state index is -4.33. The van der Waals surface area contributed by atoms with Crippen molar-refractivity contribution in [2.75, 3.05) is 25.4 Å². The average Bonchev–Trinajstić information content (AvgIpc) is 2.13. The van der Waals surface area contributed by atoms with Gasteiger partial charge in [0.15, 0.2) is 0 Å². The first kappa shape index (κ1) is 15.8. The largest absolute Gasteiger partial charge is 0.395 e. The van der Waals surface area contributed by atoms with Crippen LogP contribution in [-0.2, 0) is 10.1 Å². The smallest absolute Gasteiger partial charge is 0.267 e. The van der Waals surface area contributed by atoms with E-state index >= 15 is 0 Å². The van der Waals surface area contributed by atoms with Crippen LogP contribution in [0.5, 0.6) is 0 Å². The molecule has 2 atom stereocenters. The Morgan fingerprint density at radius 1 is 1.25 bits per heavy atom. The molecule has 7 nitrogen and oxygen atoms in total. The molecule has 98 valence electrons. The van der Waals surface area contributed by atoms with Gasteiger partial charge in [-0.15, -0.1) is 0 Å². The molecule has 8 heteroatoms. The molecule has 4 N–H and O–H groups in total. The van der Waals surface area contributed by atoms with Crippen LogP contribution in [0.2, 0.25) is 0 Å². The van der Waals surface area contributed by atoms with E-state index in [9.17, 15) is 18.6 Å². The summed E-state index contributed by atoms with van der Waals surface area (Å²) in [5.74, 6) is -0.931. The zero-order valence-corrected chi connectivity index (χ0v) is 9.97. The van der Waals surface area contributed by atoms with Crippen molar-refractivity contribution in [3.05, 3.63) is 0 Å². The van der Waals surface area contributed by atoms with Gasteiger partial charge in [0.05, 0.1) is 6.61 Å². The molecular formula is C8H19NO6S. The van der Waals surface area contributed by atoms with Gasteiger partial charge in [0.1, 0.15) is 18.1 Å². The van der Waals surface area contributed by atoms with Gasteiger partial charge >= 0.3 is 0 Å². The molecule has 0 aromatic carbocycles. The Kier molecular flexibility index (Phi) is 7.04. The lowest BCUT2D eigenvalue weighted by atomic mass is 10.3. The van der Waals surface area contributed by atoms with Gasteiger partial charge in [-0.25, -0.2) is 0 Å². The van der Waals surface area contributed by atoms with E-state index in [0.717, 1.165) is 0 Å². The molecule has 0 fully saturated rings. The Morgan fingerprint density at radius 3 is 2.19 bits per heavy atom. The number of hydrogen-bond donors (Lipinski definition) is 4. The lowest BCUT2D eigenvalue weighted by molar-refractivity contribution is -0.0787. The van der Waals surface area contributed by atoms with Crippen LogP contribution in [0.1, 0.15) is 13.3 Å². The minimum Gasteiger partial charge on any atom is -0.395 e. The van der Waals surface area contributed by atoms with Gasteiger partial charge in [-0.3, -0.25) is 9.45 Å². The molecule has 0 aliphatic heterocycles. The fourth-order valence-corrected chi connectivity index (χ4v) is 1.94. The molecule has 16 heavy (non-hydrogen) atoms. The number of rotatable bonds is 8. The van der Waals surface area contributed by atoms with Crippen molar-refractivity contribution in [2.45, 2.75) is 25.7 Å². The Labute approximate surface area is 95.1 Å². The molecule has 0 saturated carbocycles. The molecule has 0 radical (unpaired) electrons. The normalized spacial score (nSPS) is 16.4. The van der Waals surface area contributed by atoms with E-state index in [-0.39, 0.29) is 13.2 Å². The minimum absolute atomic E-state index is 0.123. The van der Waals surface area contributed by atoms with Crippen LogP contribution >= 0.6 is 0 Å². The third kappa shape index (κ3) is 6.36. The summed E-state index contributed by atoms with van der Waals surface area (Å²) < 4.78 is 29.5. The highest BCUT2D eigenvalue weighted by molar-refractivity contribution is 7.85. The van der Waals surface area contributed by atoms with Crippen LogP contribution in [0.4, 0.5) is 0 Å². The quantitative estimate of drug-likeness (QED) is 0.301. The highest BCUT2D eigenvalue weighted by Gasteiger charge is 2.26. The molecule has 0 aliphatic carbocycles. The van der Waals surface area contributed by atoms with Gasteiger partial charge in [-0.05, 0) is 6.42 Å². The zero-order chi connectivity index (χ0) is 12.8. The van der Waals surface area contributed by atoms with E-state index in [2.05, 4.69) is 0 Å². The van der Waals surface area contributed by atoms with E-state index in [1.165, 1.54) is 4.90 Å². The summed E-state index contributed by atoms with van der Waals surface area (Å²) in [6.07, 6.45) is -2.35. The molecule has 0 amide bonds. The molecular weight excluding hydrogens is 238 g/mol. The first-order valence-electron chi connectivity index (χ1n) is 4.98. The zero-order valence-electron chi connectivity index (χ0n) is 9.15. The topological polar surface area (TPSA) is 118 Å². The molecule has 0 rings (SSSR count). The Bertz CT molecular complexity index is 274. The maximum atomic E-state index is 10.5. The monoisotopic (exact) mass is 257 g/mol.